The molecule has 7 heteroatoms. The molecule has 0 aliphatic carbocycles. The van der Waals surface area contributed by atoms with Crippen LogP contribution < -0.4 is 0 Å². The molecule has 1 nitrogen and oxygen atoms in total. The Bertz CT molecular complexity index is 148. The first kappa shape index (κ1) is 12.3. The predicted molar refractivity (Wildman–Crippen MR) is 36.8 cm³/mol. The number of hydrogen-bond donors (Lipinski definition) is 1. The summed E-state index contributed by atoms with van der Waals surface area (Å²) in [5.41, 5.74) is -3.72. The third-order valence-corrected chi connectivity index (χ3v) is 2.07. The molecule has 0 amide bonds. The van der Waals surface area contributed by atoms with E-state index in [9.17, 15) is 17.6 Å². The summed E-state index contributed by atoms with van der Waals surface area (Å²) in [5, 5.41) is -0.201. The molecule has 0 aromatic rings. The summed E-state index contributed by atoms with van der Waals surface area (Å²) in [6.45, 7) is 0.923. The lowest BCUT2D eigenvalue weighted by molar-refractivity contribution is -0.217. The van der Waals surface area contributed by atoms with E-state index in [0.717, 1.165) is 6.92 Å². The van der Waals surface area contributed by atoms with Crippen LogP contribution in [-0.2, 0) is 0 Å². The highest BCUT2D eigenvalue weighted by molar-refractivity contribution is 6.26. The van der Waals surface area contributed by atoms with Crippen molar-refractivity contribution in [3.8, 4) is 0 Å². The Morgan fingerprint density at radius 3 is 1.33 bits per heavy atom. The Hall–Kier alpha value is 0.260. The number of alkyl halides is 6. The van der Waals surface area contributed by atoms with E-state index >= 15 is 0 Å². The summed E-state index contributed by atoms with van der Waals surface area (Å²) in [6.07, 6.45) is -0.958. The van der Waals surface area contributed by atoms with Gasteiger partial charge in [0.15, 0.2) is 0 Å². The van der Waals surface area contributed by atoms with Gasteiger partial charge in [-0.25, -0.2) is 0 Å². The second-order valence-corrected chi connectivity index (χ2v) is 3.16. The fraction of sp³-hybridized carbons (Fsp3) is 1.00. The molecule has 0 saturated heterocycles. The second kappa shape index (κ2) is 3.20. The number of halogens is 6. The average molecular weight is 229 g/mol. The van der Waals surface area contributed by atoms with Gasteiger partial charge in [-0.3, -0.25) is 0 Å². The molecule has 0 aromatic carbocycles. The maximum atomic E-state index is 12.2. The normalized spacial score (nSPS) is 15.0. The third-order valence-electron chi connectivity index (χ3n) is 1.45. The van der Waals surface area contributed by atoms with Crippen molar-refractivity contribution >= 4 is 23.2 Å². The van der Waals surface area contributed by atoms with Gasteiger partial charge in [-0.2, -0.15) is 17.6 Å². The van der Waals surface area contributed by atoms with E-state index in [-0.39, 0.29) is 0 Å². The van der Waals surface area contributed by atoms with Gasteiger partial charge in [0.1, 0.15) is 0 Å². The zero-order valence-electron chi connectivity index (χ0n) is 5.92. The van der Waals surface area contributed by atoms with Crippen LogP contribution in [0, 0.1) is 0 Å². The molecule has 0 aliphatic rings. The van der Waals surface area contributed by atoms with Crippen LogP contribution in [0.4, 0.5) is 17.6 Å². The Kier molecular flexibility index (Phi) is 3.26. The molecule has 0 atom stereocenters. The minimum absolute atomic E-state index is 0.923. The largest absolute Gasteiger partial charge is 0.376 e. The maximum Gasteiger partial charge on any atom is 0.357 e. The van der Waals surface area contributed by atoms with Crippen molar-refractivity contribution in [3.63, 3.8) is 0 Å². The lowest BCUT2D eigenvalue weighted by atomic mass is 10.0. The van der Waals surface area contributed by atoms with Crippen molar-refractivity contribution in [3.05, 3.63) is 0 Å². The molecule has 1 N–H and O–H groups in total. The van der Waals surface area contributed by atoms with E-state index in [0.29, 0.717) is 0 Å². The van der Waals surface area contributed by atoms with Crippen molar-refractivity contribution in [2.45, 2.75) is 29.7 Å². The van der Waals surface area contributed by atoms with Crippen molar-refractivity contribution < 1.29 is 22.7 Å². The quantitative estimate of drug-likeness (QED) is 0.582. The van der Waals surface area contributed by atoms with Gasteiger partial charge in [0.25, 0.3) is 0 Å². The van der Waals surface area contributed by atoms with Crippen molar-refractivity contribution in [1.82, 2.24) is 0 Å². The molecule has 0 aromatic heterocycles. The summed E-state index contributed by atoms with van der Waals surface area (Å²) in [6, 6.07) is 0. The van der Waals surface area contributed by atoms with Gasteiger partial charge >= 0.3 is 10.8 Å². The van der Waals surface area contributed by atoms with E-state index in [1.165, 1.54) is 0 Å². The van der Waals surface area contributed by atoms with Crippen LogP contribution in [-0.4, -0.2) is 21.5 Å². The molecule has 0 aliphatic heterocycles. The Labute approximate surface area is 76.3 Å². The zero-order valence-corrected chi connectivity index (χ0v) is 7.43. The molecular weight excluding hydrogens is 223 g/mol. The monoisotopic (exact) mass is 228 g/mol. The van der Waals surface area contributed by atoms with Crippen molar-refractivity contribution in [2.75, 3.05) is 0 Å². The first-order valence-corrected chi connectivity index (χ1v) is 3.67. The topological polar surface area (TPSA) is 20.2 Å². The van der Waals surface area contributed by atoms with Gasteiger partial charge in [-0.05, 0) is 29.6 Å². The van der Waals surface area contributed by atoms with E-state index in [1.807, 2.05) is 0 Å². The van der Waals surface area contributed by atoms with Crippen LogP contribution in [0.5, 0.6) is 0 Å². The molecule has 0 unspecified atom stereocenters. The second-order valence-electron chi connectivity index (χ2n) is 2.21. The molecule has 0 saturated carbocycles. The lowest BCUT2D eigenvalue weighted by Crippen LogP contribution is -2.55. The van der Waals surface area contributed by atoms with Gasteiger partial charge in [0, 0.05) is 0 Å². The summed E-state index contributed by atoms with van der Waals surface area (Å²) in [7, 11) is 0. The highest BCUT2D eigenvalue weighted by atomic mass is 35.5. The molecule has 74 valence electrons. The number of rotatable bonds is 3. The van der Waals surface area contributed by atoms with Crippen LogP contribution in [0.15, 0.2) is 0 Å². The zero-order chi connectivity index (χ0) is 10.2. The van der Waals surface area contributed by atoms with E-state index in [2.05, 4.69) is 23.2 Å². The molecule has 12 heavy (non-hydrogen) atoms. The predicted octanol–water partition coefficient (Wildman–Crippen LogP) is 2.79. The van der Waals surface area contributed by atoms with Gasteiger partial charge in [0.05, 0.1) is 0 Å². The van der Waals surface area contributed by atoms with Gasteiger partial charge in [-0.1, -0.05) is 6.92 Å². The molecule has 0 bridgehead atoms. The summed E-state index contributed by atoms with van der Waals surface area (Å²) < 4.78 is 48.9. The first-order chi connectivity index (χ1) is 5.06. The van der Waals surface area contributed by atoms with Crippen LogP contribution in [0.1, 0.15) is 13.3 Å². The Morgan fingerprint density at radius 1 is 1.08 bits per heavy atom. The average Bonchev–Trinajstić information content (AvgIpc) is 1.81. The lowest BCUT2D eigenvalue weighted by Gasteiger charge is -2.33. The van der Waals surface area contributed by atoms with Crippen LogP contribution in [0.2, 0.25) is 0 Å². The highest BCUT2D eigenvalue weighted by Crippen LogP contribution is 2.47. The van der Waals surface area contributed by atoms with E-state index in [1.54, 1.807) is 0 Å². The first-order valence-electron chi connectivity index (χ1n) is 2.92. The van der Waals surface area contributed by atoms with Crippen LogP contribution in [0.3, 0.4) is 0 Å². The fourth-order valence-electron chi connectivity index (χ4n) is 0.562. The molecule has 0 fully saturated rings. The van der Waals surface area contributed by atoms with E-state index < -0.39 is 22.8 Å². The maximum absolute atomic E-state index is 12.2. The number of aliphatic hydroxyl groups is 1. The Balaban J connectivity index is 4.95. The van der Waals surface area contributed by atoms with Crippen LogP contribution >= 0.6 is 23.2 Å². The Morgan fingerprint density at radius 2 is 1.33 bits per heavy atom. The van der Waals surface area contributed by atoms with Crippen LogP contribution in [0.25, 0.3) is 0 Å². The minimum Gasteiger partial charge on any atom is -0.376 e. The SMILES string of the molecule is CCC(O)(C(F)(F)Cl)C(F)(F)Cl. The van der Waals surface area contributed by atoms with Gasteiger partial charge < -0.3 is 5.11 Å². The minimum atomic E-state index is -4.47. The van der Waals surface area contributed by atoms with Crippen molar-refractivity contribution in [1.29, 1.82) is 0 Å². The van der Waals surface area contributed by atoms with Gasteiger partial charge in [0.2, 0.25) is 5.60 Å². The smallest absolute Gasteiger partial charge is 0.357 e. The molecule has 0 heterocycles. The number of hydrogen-bond acceptors (Lipinski definition) is 1. The molecule has 0 rings (SSSR count). The van der Waals surface area contributed by atoms with Gasteiger partial charge in [-0.15, -0.1) is 0 Å². The highest BCUT2D eigenvalue weighted by Gasteiger charge is 2.65. The van der Waals surface area contributed by atoms with Crippen molar-refractivity contribution in [2.24, 2.45) is 0 Å². The summed E-state index contributed by atoms with van der Waals surface area (Å²) in [4.78, 5) is 0. The van der Waals surface area contributed by atoms with E-state index in [4.69, 9.17) is 5.11 Å². The third kappa shape index (κ3) is 1.95. The standard InChI is InChI=1S/C5H6Cl2F4O/c1-2-3(12,4(6,8)9)5(7,10)11/h12H,2H2,1H3. The molecule has 0 radical (unpaired) electrons. The molecular formula is C5H6Cl2F4O. The summed E-state index contributed by atoms with van der Waals surface area (Å²) in [5.74, 6) is 0. The molecule has 0 spiro atoms. The fourth-order valence-corrected chi connectivity index (χ4v) is 1.11. The summed E-state index contributed by atoms with van der Waals surface area (Å²) >= 11 is 8.55.